The molecule has 1 fully saturated rings. The second-order valence-electron chi connectivity index (χ2n) is 4.34. The zero-order chi connectivity index (χ0) is 8.93. The molecule has 0 amide bonds. The Labute approximate surface area is 81.6 Å². The lowest BCUT2D eigenvalue weighted by atomic mass is 9.89. The maximum Gasteiger partial charge on any atom is 0.0427 e. The fraction of sp³-hybridized carbons (Fsp3) is 0.833. The van der Waals surface area contributed by atoms with Gasteiger partial charge in [-0.2, -0.15) is 0 Å². The third-order valence-electron chi connectivity index (χ3n) is 3.30. The number of hydrogen-bond donors (Lipinski definition) is 0. The normalized spacial score (nSPS) is 26.0. The van der Waals surface area contributed by atoms with Crippen molar-refractivity contribution in [2.75, 3.05) is 6.54 Å². The van der Waals surface area contributed by atoms with Crippen LogP contribution in [-0.4, -0.2) is 6.54 Å². The first kappa shape index (κ1) is 9.11. The third kappa shape index (κ3) is 2.49. The van der Waals surface area contributed by atoms with Crippen LogP contribution in [0.1, 0.15) is 51.4 Å². The molecule has 1 nitrogen and oxygen atoms in total. The van der Waals surface area contributed by atoms with Crippen LogP contribution in [0.3, 0.4) is 0 Å². The van der Waals surface area contributed by atoms with Gasteiger partial charge in [-0.25, -0.2) is 0 Å². The molecule has 13 heavy (non-hydrogen) atoms. The summed E-state index contributed by atoms with van der Waals surface area (Å²) >= 11 is 0. The molecule has 1 aliphatic carbocycles. The molecule has 0 aromatic carbocycles. The highest BCUT2D eigenvalue weighted by Gasteiger charge is 2.18. The van der Waals surface area contributed by atoms with Crippen LogP contribution in [0.5, 0.6) is 0 Å². The van der Waals surface area contributed by atoms with Gasteiger partial charge >= 0.3 is 0 Å². The van der Waals surface area contributed by atoms with Crippen molar-refractivity contribution in [2.24, 2.45) is 5.92 Å². The standard InChI is InChI=1S/C12H20N/c1-2-4-7-11(8-5-3-1)12-9-6-10-13-12/h9,11H,1-8,10H2. The van der Waals surface area contributed by atoms with E-state index in [1.54, 1.807) is 0 Å². The summed E-state index contributed by atoms with van der Waals surface area (Å²) in [6, 6.07) is 0. The van der Waals surface area contributed by atoms with Crippen molar-refractivity contribution in [3.8, 4) is 0 Å². The Bertz CT molecular complexity index is 176. The van der Waals surface area contributed by atoms with Gasteiger partial charge < -0.3 is 0 Å². The van der Waals surface area contributed by atoms with Crippen molar-refractivity contribution < 1.29 is 0 Å². The van der Waals surface area contributed by atoms with E-state index in [0.29, 0.717) is 0 Å². The molecule has 0 atom stereocenters. The van der Waals surface area contributed by atoms with Crippen molar-refractivity contribution in [1.82, 2.24) is 5.32 Å². The predicted octanol–water partition coefficient (Wildman–Crippen LogP) is 3.24. The Morgan fingerprint density at radius 3 is 2.31 bits per heavy atom. The Kier molecular flexibility index (Phi) is 3.28. The molecule has 1 saturated carbocycles. The van der Waals surface area contributed by atoms with Gasteiger partial charge in [-0.15, -0.1) is 0 Å². The van der Waals surface area contributed by atoms with Crippen LogP contribution in [0.25, 0.3) is 0 Å². The summed E-state index contributed by atoms with van der Waals surface area (Å²) in [7, 11) is 0. The highest BCUT2D eigenvalue weighted by atomic mass is 14.9. The van der Waals surface area contributed by atoms with Crippen LogP contribution in [0.15, 0.2) is 11.8 Å². The second-order valence-corrected chi connectivity index (χ2v) is 4.34. The van der Waals surface area contributed by atoms with E-state index in [9.17, 15) is 0 Å². The van der Waals surface area contributed by atoms with Gasteiger partial charge in [-0.1, -0.05) is 38.2 Å². The van der Waals surface area contributed by atoms with Crippen molar-refractivity contribution in [2.45, 2.75) is 51.4 Å². The molecule has 0 bridgehead atoms. The summed E-state index contributed by atoms with van der Waals surface area (Å²) in [6.07, 6.45) is 13.6. The molecule has 0 N–H and O–H groups in total. The summed E-state index contributed by atoms with van der Waals surface area (Å²) in [6.45, 7) is 1.06. The molecule has 0 unspecified atom stereocenters. The van der Waals surface area contributed by atoms with Crippen LogP contribution in [0, 0.1) is 5.92 Å². The first-order valence-corrected chi connectivity index (χ1v) is 5.84. The number of allylic oxidation sites excluding steroid dienone is 1. The Morgan fingerprint density at radius 1 is 1.00 bits per heavy atom. The van der Waals surface area contributed by atoms with Crippen LogP contribution >= 0.6 is 0 Å². The maximum absolute atomic E-state index is 4.59. The third-order valence-corrected chi connectivity index (χ3v) is 3.30. The lowest BCUT2D eigenvalue weighted by Gasteiger charge is -2.20. The molecule has 1 radical (unpaired) electrons. The van der Waals surface area contributed by atoms with Gasteiger partial charge in [0.25, 0.3) is 0 Å². The minimum absolute atomic E-state index is 0.822. The van der Waals surface area contributed by atoms with Gasteiger partial charge in [0.15, 0.2) is 0 Å². The molecule has 1 heterocycles. The fourth-order valence-corrected chi connectivity index (χ4v) is 2.52. The van der Waals surface area contributed by atoms with Crippen LogP contribution in [-0.2, 0) is 0 Å². The van der Waals surface area contributed by atoms with Crippen molar-refractivity contribution in [1.29, 1.82) is 0 Å². The smallest absolute Gasteiger partial charge is 0.0427 e. The summed E-state index contributed by atoms with van der Waals surface area (Å²) in [4.78, 5) is 0. The lowest BCUT2D eigenvalue weighted by Crippen LogP contribution is -2.12. The van der Waals surface area contributed by atoms with E-state index in [2.05, 4.69) is 11.4 Å². The second kappa shape index (κ2) is 4.69. The van der Waals surface area contributed by atoms with Crippen LogP contribution in [0.2, 0.25) is 0 Å². The van der Waals surface area contributed by atoms with E-state index in [0.717, 1.165) is 12.5 Å². The molecule has 1 aliphatic heterocycles. The summed E-state index contributed by atoms with van der Waals surface area (Å²) in [5, 5.41) is 4.59. The van der Waals surface area contributed by atoms with E-state index < -0.39 is 0 Å². The predicted molar refractivity (Wildman–Crippen MR) is 55.5 cm³/mol. The van der Waals surface area contributed by atoms with Gasteiger partial charge in [0, 0.05) is 18.2 Å². The van der Waals surface area contributed by atoms with Crippen molar-refractivity contribution in [3.05, 3.63) is 11.8 Å². The molecule has 1 heteroatoms. The zero-order valence-electron chi connectivity index (χ0n) is 8.47. The Morgan fingerprint density at radius 2 is 1.69 bits per heavy atom. The van der Waals surface area contributed by atoms with Gasteiger partial charge in [0.2, 0.25) is 0 Å². The quantitative estimate of drug-likeness (QED) is 0.585. The molecular weight excluding hydrogens is 158 g/mol. The highest BCUT2D eigenvalue weighted by Crippen LogP contribution is 2.28. The zero-order valence-corrected chi connectivity index (χ0v) is 8.47. The molecule has 0 spiro atoms. The minimum atomic E-state index is 0.822. The minimum Gasteiger partial charge on any atom is -0.289 e. The molecule has 2 aliphatic rings. The number of rotatable bonds is 1. The number of nitrogens with zero attached hydrogens (tertiary/aromatic N) is 1. The Balaban J connectivity index is 1.87. The van der Waals surface area contributed by atoms with Gasteiger partial charge in [-0.3, -0.25) is 5.32 Å². The van der Waals surface area contributed by atoms with Crippen molar-refractivity contribution >= 4 is 0 Å². The molecule has 0 saturated heterocycles. The van der Waals surface area contributed by atoms with E-state index in [1.165, 1.54) is 57.1 Å². The first-order valence-electron chi connectivity index (χ1n) is 5.84. The van der Waals surface area contributed by atoms with E-state index in [-0.39, 0.29) is 0 Å². The number of hydrogen-bond acceptors (Lipinski definition) is 0. The van der Waals surface area contributed by atoms with Crippen LogP contribution in [0.4, 0.5) is 0 Å². The maximum atomic E-state index is 4.59. The molecule has 2 rings (SSSR count). The van der Waals surface area contributed by atoms with Gasteiger partial charge in [0.1, 0.15) is 0 Å². The van der Waals surface area contributed by atoms with Crippen molar-refractivity contribution in [3.63, 3.8) is 0 Å². The summed E-state index contributed by atoms with van der Waals surface area (Å²) in [5.74, 6) is 0.822. The molecule has 73 valence electrons. The van der Waals surface area contributed by atoms with Gasteiger partial charge in [0.05, 0.1) is 0 Å². The van der Waals surface area contributed by atoms with Gasteiger partial charge in [-0.05, 0) is 19.3 Å². The average molecular weight is 178 g/mol. The summed E-state index contributed by atoms with van der Waals surface area (Å²) in [5.41, 5.74) is 1.45. The summed E-state index contributed by atoms with van der Waals surface area (Å²) < 4.78 is 0. The monoisotopic (exact) mass is 178 g/mol. The highest BCUT2D eigenvalue weighted by molar-refractivity contribution is 5.09. The fourth-order valence-electron chi connectivity index (χ4n) is 2.52. The van der Waals surface area contributed by atoms with Crippen LogP contribution < -0.4 is 5.32 Å². The molecule has 0 aromatic heterocycles. The SMILES string of the molecule is C1=C(C2CCCCCCC2)[N]CC1. The molecular formula is C12H20N. The lowest BCUT2D eigenvalue weighted by molar-refractivity contribution is 0.408. The van der Waals surface area contributed by atoms with E-state index in [1.807, 2.05) is 0 Å². The molecule has 0 aromatic rings. The Hall–Kier alpha value is -0.460. The largest absolute Gasteiger partial charge is 0.289 e. The van der Waals surface area contributed by atoms with E-state index in [4.69, 9.17) is 0 Å². The topological polar surface area (TPSA) is 14.1 Å². The van der Waals surface area contributed by atoms with E-state index >= 15 is 0 Å². The first-order chi connectivity index (χ1) is 6.47. The average Bonchev–Trinajstić information content (AvgIpc) is 2.55.